The van der Waals surface area contributed by atoms with E-state index in [1.54, 1.807) is 13.3 Å². The number of nitrogens with one attached hydrogen (secondary N) is 1. The summed E-state index contributed by atoms with van der Waals surface area (Å²) in [7, 11) is 1.62. The number of imidazole rings is 1. The van der Waals surface area contributed by atoms with Crippen molar-refractivity contribution in [2.75, 3.05) is 20.3 Å². The third-order valence-corrected chi connectivity index (χ3v) is 4.34. The summed E-state index contributed by atoms with van der Waals surface area (Å²) in [6, 6.07) is 7.51. The van der Waals surface area contributed by atoms with Gasteiger partial charge >= 0.3 is 0 Å². The summed E-state index contributed by atoms with van der Waals surface area (Å²) in [6.45, 7) is 0.0503. The van der Waals surface area contributed by atoms with Crippen molar-refractivity contribution in [1.82, 2.24) is 19.7 Å². The van der Waals surface area contributed by atoms with E-state index < -0.39 is 0 Å². The van der Waals surface area contributed by atoms with Crippen LogP contribution in [0.15, 0.2) is 36.5 Å². The molecule has 132 valence electrons. The predicted molar refractivity (Wildman–Crippen MR) is 97.1 cm³/mol. The number of aliphatic hydroxyl groups is 1. The summed E-state index contributed by atoms with van der Waals surface area (Å²) >= 11 is 0. The molecular formula is C19H18N4O3. The van der Waals surface area contributed by atoms with E-state index in [2.05, 4.69) is 15.3 Å². The first-order valence-corrected chi connectivity index (χ1v) is 8.33. The molecule has 3 aromatic rings. The Hall–Kier alpha value is -3.19. The number of hydrogen-bond donors (Lipinski definition) is 2. The van der Waals surface area contributed by atoms with Crippen LogP contribution >= 0.6 is 0 Å². The summed E-state index contributed by atoms with van der Waals surface area (Å²) in [5.41, 5.74) is 4.08. The van der Waals surface area contributed by atoms with E-state index in [1.807, 2.05) is 40.8 Å². The van der Waals surface area contributed by atoms with Gasteiger partial charge in [-0.2, -0.15) is 0 Å². The highest BCUT2D eigenvalue weighted by Crippen LogP contribution is 2.30. The lowest BCUT2D eigenvalue weighted by Crippen LogP contribution is -2.28. The number of nitrogens with zero attached hydrogens (tertiary/aromatic N) is 3. The van der Waals surface area contributed by atoms with Crippen LogP contribution in [0.1, 0.15) is 22.0 Å². The summed E-state index contributed by atoms with van der Waals surface area (Å²) < 4.78 is 7.04. The molecule has 1 aromatic carbocycles. The third kappa shape index (κ3) is 2.62. The molecule has 0 fully saturated rings. The number of methoxy groups -OCH3 is 1. The molecule has 0 saturated carbocycles. The zero-order valence-corrected chi connectivity index (χ0v) is 14.3. The zero-order chi connectivity index (χ0) is 18.1. The van der Waals surface area contributed by atoms with Gasteiger partial charge < -0.3 is 15.2 Å². The maximum atomic E-state index is 12.6. The van der Waals surface area contributed by atoms with Crippen LogP contribution in [0.5, 0.6) is 5.75 Å². The van der Waals surface area contributed by atoms with Gasteiger partial charge in [-0.25, -0.2) is 4.98 Å². The van der Waals surface area contributed by atoms with Crippen molar-refractivity contribution >= 4 is 17.5 Å². The fourth-order valence-corrected chi connectivity index (χ4v) is 3.10. The van der Waals surface area contributed by atoms with E-state index in [4.69, 9.17) is 9.84 Å². The summed E-state index contributed by atoms with van der Waals surface area (Å²) in [6.07, 6.45) is 6.46. The topological polar surface area (TPSA) is 88.8 Å². The lowest BCUT2D eigenvalue weighted by atomic mass is 10.1. The Bertz CT molecular complexity index is 1010. The second-order valence-corrected chi connectivity index (χ2v) is 5.91. The number of amides is 1. The van der Waals surface area contributed by atoms with Gasteiger partial charge in [0.25, 0.3) is 5.91 Å². The number of rotatable bonds is 5. The molecule has 0 spiro atoms. The minimum Gasteiger partial charge on any atom is -0.497 e. The molecule has 2 heterocycles. The molecule has 0 atom stereocenters. The number of ether oxygens (including phenoxy) is 1. The van der Waals surface area contributed by atoms with Gasteiger partial charge in [-0.05, 0) is 30.3 Å². The van der Waals surface area contributed by atoms with Crippen LogP contribution in [0.2, 0.25) is 0 Å². The Kier molecular flexibility index (Phi) is 4.14. The van der Waals surface area contributed by atoms with Gasteiger partial charge in [0.2, 0.25) is 5.82 Å². The summed E-state index contributed by atoms with van der Waals surface area (Å²) in [4.78, 5) is 21.7. The minimum atomic E-state index is -0.331. The molecule has 1 amide bonds. The van der Waals surface area contributed by atoms with Crippen molar-refractivity contribution in [2.45, 2.75) is 6.42 Å². The molecule has 0 unspecified atom stereocenters. The van der Waals surface area contributed by atoms with E-state index in [1.165, 1.54) is 0 Å². The van der Waals surface area contributed by atoms with Gasteiger partial charge in [0.05, 0.1) is 42.5 Å². The van der Waals surface area contributed by atoms with Crippen molar-refractivity contribution in [3.05, 3.63) is 53.8 Å². The fourth-order valence-electron chi connectivity index (χ4n) is 3.10. The van der Waals surface area contributed by atoms with Gasteiger partial charge in [-0.15, -0.1) is 0 Å². The Morgan fingerprint density at radius 3 is 2.88 bits per heavy atom. The number of hydrogen-bond acceptors (Lipinski definition) is 5. The number of aliphatic hydroxyl groups excluding tert-OH is 1. The third-order valence-electron chi connectivity index (χ3n) is 4.34. The Balaban J connectivity index is 1.91. The molecule has 0 saturated heterocycles. The number of aromatic nitrogens is 3. The standard InChI is InChI=1S/C19H18N4O3/c1-26-13-7-5-12(6-8-13)17-16-11-21-14-3-2-4-15(14)23(16)18(22-17)19(25)20-9-10-24/h2,4-8,11,24H,3,9-10H2,1H3,(H,20,25). The van der Waals surface area contributed by atoms with Crippen molar-refractivity contribution in [2.24, 2.45) is 0 Å². The molecule has 0 radical (unpaired) electrons. The molecular weight excluding hydrogens is 332 g/mol. The van der Waals surface area contributed by atoms with Crippen molar-refractivity contribution in [3.63, 3.8) is 0 Å². The smallest absolute Gasteiger partial charge is 0.287 e. The normalized spacial score (nSPS) is 12.4. The molecule has 1 aliphatic carbocycles. The second kappa shape index (κ2) is 6.61. The van der Waals surface area contributed by atoms with E-state index in [0.717, 1.165) is 34.6 Å². The monoisotopic (exact) mass is 350 g/mol. The van der Waals surface area contributed by atoms with Crippen LogP contribution in [-0.2, 0) is 6.42 Å². The average Bonchev–Trinajstić information content (AvgIpc) is 3.30. The quantitative estimate of drug-likeness (QED) is 0.731. The Labute approximate surface area is 150 Å². The molecule has 2 N–H and O–H groups in total. The van der Waals surface area contributed by atoms with Gasteiger partial charge in [0.1, 0.15) is 5.75 Å². The molecule has 4 rings (SSSR count). The van der Waals surface area contributed by atoms with Crippen LogP contribution in [0, 0.1) is 0 Å². The predicted octanol–water partition coefficient (Wildman–Crippen LogP) is 1.70. The first kappa shape index (κ1) is 16.3. The highest BCUT2D eigenvalue weighted by molar-refractivity contribution is 5.95. The maximum Gasteiger partial charge on any atom is 0.287 e. The van der Waals surface area contributed by atoms with Crippen LogP contribution in [0.25, 0.3) is 22.9 Å². The lowest BCUT2D eigenvalue weighted by molar-refractivity contribution is 0.0934. The number of allylic oxidation sites excluding steroid dienone is 1. The Morgan fingerprint density at radius 2 is 2.15 bits per heavy atom. The molecule has 1 aliphatic rings. The largest absolute Gasteiger partial charge is 0.497 e. The van der Waals surface area contributed by atoms with Gasteiger partial charge in [-0.1, -0.05) is 6.08 Å². The van der Waals surface area contributed by atoms with Crippen molar-refractivity contribution < 1.29 is 14.6 Å². The second-order valence-electron chi connectivity index (χ2n) is 5.91. The van der Waals surface area contributed by atoms with Crippen LogP contribution in [0.4, 0.5) is 0 Å². The van der Waals surface area contributed by atoms with Gasteiger partial charge in [0, 0.05) is 18.5 Å². The molecule has 0 bridgehead atoms. The molecule has 7 heteroatoms. The molecule has 2 aromatic heterocycles. The summed E-state index contributed by atoms with van der Waals surface area (Å²) in [5, 5.41) is 11.7. The number of carbonyl (C=O) groups is 1. The first-order valence-electron chi connectivity index (χ1n) is 8.33. The van der Waals surface area contributed by atoms with E-state index in [9.17, 15) is 4.79 Å². The summed E-state index contributed by atoms with van der Waals surface area (Å²) in [5.74, 6) is 0.701. The SMILES string of the molecule is COc1ccc(-c2nc(C(=O)NCCO)n3c4c(ncc23)CC=C4)cc1. The number of carbonyl (C=O) groups excluding carboxylic acids is 1. The molecule has 7 nitrogen and oxygen atoms in total. The highest BCUT2D eigenvalue weighted by atomic mass is 16.5. The van der Waals surface area contributed by atoms with Crippen molar-refractivity contribution in [1.29, 1.82) is 0 Å². The van der Waals surface area contributed by atoms with Gasteiger partial charge in [0.15, 0.2) is 0 Å². The van der Waals surface area contributed by atoms with E-state index in [-0.39, 0.29) is 24.9 Å². The first-order chi connectivity index (χ1) is 12.7. The zero-order valence-electron chi connectivity index (χ0n) is 14.3. The van der Waals surface area contributed by atoms with Crippen LogP contribution in [0.3, 0.4) is 0 Å². The van der Waals surface area contributed by atoms with Crippen molar-refractivity contribution in [3.8, 4) is 17.0 Å². The Morgan fingerprint density at radius 1 is 1.35 bits per heavy atom. The van der Waals surface area contributed by atoms with Crippen LogP contribution in [-0.4, -0.2) is 45.6 Å². The highest BCUT2D eigenvalue weighted by Gasteiger charge is 2.23. The molecule has 0 aliphatic heterocycles. The van der Waals surface area contributed by atoms with Crippen LogP contribution < -0.4 is 10.1 Å². The maximum absolute atomic E-state index is 12.6. The van der Waals surface area contributed by atoms with E-state index >= 15 is 0 Å². The lowest BCUT2D eigenvalue weighted by Gasteiger charge is -2.07. The van der Waals surface area contributed by atoms with Gasteiger partial charge in [-0.3, -0.25) is 14.2 Å². The fraction of sp³-hybridized carbons (Fsp3) is 0.211. The minimum absolute atomic E-state index is 0.125. The van der Waals surface area contributed by atoms with E-state index in [0.29, 0.717) is 5.69 Å². The molecule has 26 heavy (non-hydrogen) atoms. The average molecular weight is 350 g/mol. The number of benzene rings is 1. The number of fused-ring (bicyclic) bond motifs is 3.